The molecule has 7 nitrogen and oxygen atoms in total. The van der Waals surface area contributed by atoms with E-state index in [1.807, 2.05) is 0 Å². The van der Waals surface area contributed by atoms with Crippen molar-refractivity contribution < 1.29 is 19.8 Å². The van der Waals surface area contributed by atoms with E-state index in [2.05, 4.69) is 10.5 Å². The average molecular weight is 203 g/mol. The van der Waals surface area contributed by atoms with E-state index in [-0.39, 0.29) is 25.5 Å². The first kappa shape index (κ1) is 10.7. The number of carbonyl (C=O) groups excluding carboxylic acids is 1. The number of nitrogens with one attached hydrogen (secondary N) is 1. The summed E-state index contributed by atoms with van der Waals surface area (Å²) in [6.45, 7) is 0.498. The number of oxime groups is 1. The fourth-order valence-corrected chi connectivity index (χ4v) is 1.14. The Hall–Kier alpha value is -1.34. The molecule has 0 radical (unpaired) electrons. The molecule has 1 aliphatic rings. The predicted molar refractivity (Wildman–Crippen MR) is 46.8 cm³/mol. The first-order chi connectivity index (χ1) is 6.63. The Morgan fingerprint density at radius 2 is 2.36 bits per heavy atom. The van der Waals surface area contributed by atoms with Crippen molar-refractivity contribution in [1.82, 2.24) is 5.32 Å². The van der Waals surface area contributed by atoms with Crippen molar-refractivity contribution in [1.29, 1.82) is 0 Å². The molecule has 1 rings (SSSR count). The van der Waals surface area contributed by atoms with Crippen LogP contribution in [0.4, 0.5) is 0 Å². The highest BCUT2D eigenvalue weighted by atomic mass is 16.5. The second-order valence-corrected chi connectivity index (χ2v) is 3.05. The molecule has 0 saturated carbocycles. The minimum Gasteiger partial charge on any atom is -0.409 e. The van der Waals surface area contributed by atoms with Crippen LogP contribution in [0.25, 0.3) is 0 Å². The number of ether oxygens (including phenoxy) is 1. The summed E-state index contributed by atoms with van der Waals surface area (Å²) in [6, 6.07) is -0.408. The summed E-state index contributed by atoms with van der Waals surface area (Å²) in [4.78, 5) is 11.2. The van der Waals surface area contributed by atoms with Gasteiger partial charge in [-0.15, -0.1) is 0 Å². The van der Waals surface area contributed by atoms with Gasteiger partial charge >= 0.3 is 0 Å². The van der Waals surface area contributed by atoms with Gasteiger partial charge in [0.15, 0.2) is 0 Å². The van der Waals surface area contributed by atoms with Crippen molar-refractivity contribution in [3.8, 4) is 0 Å². The summed E-state index contributed by atoms with van der Waals surface area (Å²) in [7, 11) is 0. The normalized spacial score (nSPS) is 27.6. The molecule has 0 spiro atoms. The molecular formula is C7H13N3O4. The van der Waals surface area contributed by atoms with E-state index in [0.29, 0.717) is 0 Å². The van der Waals surface area contributed by atoms with Gasteiger partial charge in [0.2, 0.25) is 5.91 Å². The van der Waals surface area contributed by atoms with Crippen molar-refractivity contribution in [2.75, 3.05) is 13.2 Å². The van der Waals surface area contributed by atoms with Crippen LogP contribution in [0, 0.1) is 0 Å². The summed E-state index contributed by atoms with van der Waals surface area (Å²) in [5.74, 6) is -0.578. The van der Waals surface area contributed by atoms with Gasteiger partial charge in [-0.25, -0.2) is 0 Å². The Labute approximate surface area is 80.5 Å². The topological polar surface area (TPSA) is 117 Å². The zero-order chi connectivity index (χ0) is 10.6. The van der Waals surface area contributed by atoms with Gasteiger partial charge in [0.25, 0.3) is 0 Å². The third-order valence-electron chi connectivity index (χ3n) is 1.87. The van der Waals surface area contributed by atoms with Crippen molar-refractivity contribution >= 4 is 11.7 Å². The summed E-state index contributed by atoms with van der Waals surface area (Å²) in [5.41, 5.74) is 5.13. The maximum Gasteiger partial charge on any atom is 0.228 e. The van der Waals surface area contributed by atoms with Gasteiger partial charge in [-0.1, -0.05) is 5.16 Å². The highest BCUT2D eigenvalue weighted by molar-refractivity contribution is 5.98. The second-order valence-electron chi connectivity index (χ2n) is 3.05. The lowest BCUT2D eigenvalue weighted by atomic mass is 10.2. The summed E-state index contributed by atoms with van der Waals surface area (Å²) >= 11 is 0. The van der Waals surface area contributed by atoms with Gasteiger partial charge in [-0.05, 0) is 0 Å². The molecule has 0 bridgehead atoms. The highest BCUT2D eigenvalue weighted by Crippen LogP contribution is 2.04. The minimum atomic E-state index is -0.689. The van der Waals surface area contributed by atoms with E-state index in [4.69, 9.17) is 15.7 Å². The van der Waals surface area contributed by atoms with Crippen LogP contribution in [0.3, 0.4) is 0 Å². The Bertz CT molecular complexity index is 243. The molecule has 80 valence electrons. The van der Waals surface area contributed by atoms with E-state index >= 15 is 0 Å². The van der Waals surface area contributed by atoms with Crippen molar-refractivity contribution in [3.63, 3.8) is 0 Å². The van der Waals surface area contributed by atoms with Crippen LogP contribution >= 0.6 is 0 Å². The van der Waals surface area contributed by atoms with E-state index in [1.54, 1.807) is 0 Å². The monoisotopic (exact) mass is 203 g/mol. The Morgan fingerprint density at radius 1 is 1.64 bits per heavy atom. The number of aliphatic hydroxyl groups excluding tert-OH is 1. The molecule has 14 heavy (non-hydrogen) atoms. The van der Waals surface area contributed by atoms with Crippen molar-refractivity contribution in [3.05, 3.63) is 0 Å². The van der Waals surface area contributed by atoms with Gasteiger partial charge in [0.1, 0.15) is 5.84 Å². The molecule has 7 heteroatoms. The predicted octanol–water partition coefficient (Wildman–Crippen LogP) is -2.00. The van der Waals surface area contributed by atoms with Crippen molar-refractivity contribution in [2.45, 2.75) is 18.6 Å². The van der Waals surface area contributed by atoms with E-state index < -0.39 is 18.1 Å². The van der Waals surface area contributed by atoms with Crippen LogP contribution in [0.5, 0.6) is 0 Å². The molecule has 0 aromatic heterocycles. The zero-order valence-electron chi connectivity index (χ0n) is 7.51. The summed E-state index contributed by atoms with van der Waals surface area (Å²) in [5, 5.41) is 22.7. The van der Waals surface area contributed by atoms with Gasteiger partial charge in [-0.3, -0.25) is 4.79 Å². The zero-order valence-corrected chi connectivity index (χ0v) is 7.51. The SMILES string of the molecule is N/C(CC(=O)N[C@@H]1COC[C@H]1O)=N\O. The summed E-state index contributed by atoms with van der Waals surface area (Å²) in [6.07, 6.45) is -0.883. The fraction of sp³-hybridized carbons (Fsp3) is 0.714. The number of aliphatic hydroxyl groups is 1. The van der Waals surface area contributed by atoms with Gasteiger partial charge < -0.3 is 26.1 Å². The number of amides is 1. The van der Waals surface area contributed by atoms with E-state index in [9.17, 15) is 9.90 Å². The lowest BCUT2D eigenvalue weighted by Gasteiger charge is -2.13. The molecule has 0 aromatic rings. The second kappa shape index (κ2) is 4.77. The van der Waals surface area contributed by atoms with Crippen LogP contribution in [0.2, 0.25) is 0 Å². The molecule has 5 N–H and O–H groups in total. The molecule has 1 aliphatic heterocycles. The molecule has 1 amide bonds. The number of amidine groups is 1. The average Bonchev–Trinajstić information content (AvgIpc) is 2.51. The number of hydrogen-bond donors (Lipinski definition) is 4. The Morgan fingerprint density at radius 3 is 2.86 bits per heavy atom. The minimum absolute atomic E-state index is 0.170. The van der Waals surface area contributed by atoms with E-state index in [1.165, 1.54) is 0 Å². The molecule has 0 unspecified atom stereocenters. The number of carbonyl (C=O) groups is 1. The number of hydrogen-bond acceptors (Lipinski definition) is 5. The van der Waals surface area contributed by atoms with Crippen LogP contribution in [0.15, 0.2) is 5.16 Å². The van der Waals surface area contributed by atoms with Gasteiger partial charge in [0.05, 0.1) is 31.8 Å². The largest absolute Gasteiger partial charge is 0.409 e. The van der Waals surface area contributed by atoms with Crippen LogP contribution in [-0.2, 0) is 9.53 Å². The highest BCUT2D eigenvalue weighted by Gasteiger charge is 2.27. The van der Waals surface area contributed by atoms with Crippen LogP contribution < -0.4 is 11.1 Å². The third-order valence-corrected chi connectivity index (χ3v) is 1.87. The molecule has 1 fully saturated rings. The molecule has 0 aromatic carbocycles. The lowest BCUT2D eigenvalue weighted by molar-refractivity contribution is -0.121. The van der Waals surface area contributed by atoms with Crippen LogP contribution in [0.1, 0.15) is 6.42 Å². The maximum absolute atomic E-state index is 11.2. The quantitative estimate of drug-likeness (QED) is 0.183. The van der Waals surface area contributed by atoms with Crippen LogP contribution in [-0.4, -0.2) is 47.4 Å². The third kappa shape index (κ3) is 2.86. The summed E-state index contributed by atoms with van der Waals surface area (Å²) < 4.78 is 4.93. The van der Waals surface area contributed by atoms with E-state index in [0.717, 1.165) is 0 Å². The first-order valence-electron chi connectivity index (χ1n) is 4.15. The maximum atomic E-state index is 11.2. The fourth-order valence-electron chi connectivity index (χ4n) is 1.14. The number of rotatable bonds is 3. The smallest absolute Gasteiger partial charge is 0.228 e. The number of nitrogens with zero attached hydrogens (tertiary/aromatic N) is 1. The number of nitrogens with two attached hydrogens (primary N) is 1. The molecule has 1 saturated heterocycles. The Kier molecular flexibility index (Phi) is 3.66. The standard InChI is InChI=1S/C7H13N3O4/c8-6(10-13)1-7(12)9-4-2-14-3-5(4)11/h4-5,11,13H,1-3H2,(H2,8,10)(H,9,12)/t4-,5-/m1/s1. The van der Waals surface area contributed by atoms with Crippen molar-refractivity contribution in [2.24, 2.45) is 10.9 Å². The van der Waals surface area contributed by atoms with Gasteiger partial charge in [0, 0.05) is 0 Å². The Balaban J connectivity index is 2.33. The molecule has 1 heterocycles. The van der Waals surface area contributed by atoms with Gasteiger partial charge in [-0.2, -0.15) is 0 Å². The molecular weight excluding hydrogens is 190 g/mol. The molecule has 0 aliphatic carbocycles. The lowest BCUT2D eigenvalue weighted by Crippen LogP contribution is -2.43. The molecule has 2 atom stereocenters. The first-order valence-corrected chi connectivity index (χ1v) is 4.15.